The Kier molecular flexibility index (Phi) is 6.67. The maximum Gasteiger partial charge on any atom is 0.342 e. The molecule has 2 aromatic rings. The van der Waals surface area contributed by atoms with Gasteiger partial charge in [-0.05, 0) is 30.3 Å². The highest BCUT2D eigenvalue weighted by Gasteiger charge is 2.15. The highest BCUT2D eigenvalue weighted by molar-refractivity contribution is 6.31. The number of esters is 1. The second-order valence-electron chi connectivity index (χ2n) is 5.19. The van der Waals surface area contributed by atoms with Gasteiger partial charge in [-0.3, -0.25) is 9.59 Å². The first-order chi connectivity index (χ1) is 12.8. The zero-order valence-electron chi connectivity index (χ0n) is 13.6. The lowest BCUT2D eigenvalue weighted by Crippen LogP contribution is -2.35. The van der Waals surface area contributed by atoms with Crippen LogP contribution in [0.5, 0.6) is 5.75 Å². The van der Waals surface area contributed by atoms with Gasteiger partial charge in [-0.15, -0.1) is 0 Å². The molecule has 2 aromatic carbocycles. The SMILES string of the molecule is O=C(COC(=O)c1cc(Cl)ccc1O)NCC(=O)Nc1ccc(F)c(F)c1. The molecule has 0 heterocycles. The number of anilines is 1. The zero-order chi connectivity index (χ0) is 20.0. The Morgan fingerprint density at radius 3 is 2.48 bits per heavy atom. The molecule has 0 radical (unpaired) electrons. The summed E-state index contributed by atoms with van der Waals surface area (Å²) in [5.41, 5.74) is -0.206. The predicted octanol–water partition coefficient (Wildman–Crippen LogP) is 2.24. The van der Waals surface area contributed by atoms with Crippen molar-refractivity contribution in [3.63, 3.8) is 0 Å². The highest BCUT2D eigenvalue weighted by Crippen LogP contribution is 2.22. The second-order valence-corrected chi connectivity index (χ2v) is 5.63. The molecular weight excluding hydrogens is 386 g/mol. The molecule has 2 amide bonds. The number of halogens is 3. The molecule has 0 fully saturated rings. The standard InChI is InChI=1S/C17H13ClF2N2O5/c18-9-1-4-14(23)11(5-9)17(26)27-8-16(25)21-7-15(24)22-10-2-3-12(19)13(20)6-10/h1-6,23H,7-8H2,(H,21,25)(H,22,24). The number of benzene rings is 2. The third kappa shape index (κ3) is 5.93. The Bertz CT molecular complexity index is 892. The highest BCUT2D eigenvalue weighted by atomic mass is 35.5. The van der Waals surface area contributed by atoms with Crippen molar-refractivity contribution in [2.75, 3.05) is 18.5 Å². The van der Waals surface area contributed by atoms with E-state index in [1.807, 2.05) is 0 Å². The number of amides is 2. The van der Waals surface area contributed by atoms with E-state index < -0.39 is 42.6 Å². The van der Waals surface area contributed by atoms with Gasteiger partial charge in [-0.1, -0.05) is 11.6 Å². The Morgan fingerprint density at radius 1 is 1.04 bits per heavy atom. The van der Waals surface area contributed by atoms with Gasteiger partial charge in [0, 0.05) is 16.8 Å². The number of carbonyl (C=O) groups excluding carboxylic acids is 3. The van der Waals surface area contributed by atoms with Gasteiger partial charge in [0.2, 0.25) is 5.91 Å². The number of hydrogen-bond donors (Lipinski definition) is 3. The lowest BCUT2D eigenvalue weighted by atomic mass is 10.2. The number of aromatic hydroxyl groups is 1. The summed E-state index contributed by atoms with van der Waals surface area (Å²) in [5.74, 6) is -5.02. The molecule has 0 saturated carbocycles. The number of phenolic OH excluding ortho intramolecular Hbond substituents is 1. The minimum atomic E-state index is -1.13. The molecule has 7 nitrogen and oxygen atoms in total. The van der Waals surface area contributed by atoms with Crippen LogP contribution in [-0.2, 0) is 14.3 Å². The van der Waals surface area contributed by atoms with Gasteiger partial charge >= 0.3 is 5.97 Å². The first-order valence-electron chi connectivity index (χ1n) is 7.43. The number of ether oxygens (including phenoxy) is 1. The molecule has 10 heteroatoms. The minimum absolute atomic E-state index is 0.0102. The maximum atomic E-state index is 13.0. The van der Waals surface area contributed by atoms with Crippen LogP contribution in [0.2, 0.25) is 5.02 Å². The second kappa shape index (κ2) is 8.95. The van der Waals surface area contributed by atoms with Crippen molar-refractivity contribution < 1.29 is 33.0 Å². The molecule has 0 atom stereocenters. The van der Waals surface area contributed by atoms with Gasteiger partial charge in [0.05, 0.1) is 6.54 Å². The molecule has 0 bridgehead atoms. The summed E-state index contributed by atoms with van der Waals surface area (Å²) >= 11 is 5.71. The summed E-state index contributed by atoms with van der Waals surface area (Å²) in [5, 5.41) is 14.2. The lowest BCUT2D eigenvalue weighted by molar-refractivity contribution is -0.126. The predicted molar refractivity (Wildman–Crippen MR) is 91.4 cm³/mol. The normalized spacial score (nSPS) is 10.2. The fraction of sp³-hybridized carbons (Fsp3) is 0.118. The molecule has 0 saturated heterocycles. The van der Waals surface area contributed by atoms with E-state index in [0.29, 0.717) is 0 Å². The van der Waals surface area contributed by atoms with Gasteiger partial charge in [-0.2, -0.15) is 0 Å². The zero-order valence-corrected chi connectivity index (χ0v) is 14.3. The van der Waals surface area contributed by atoms with Crippen LogP contribution in [0.3, 0.4) is 0 Å². The van der Waals surface area contributed by atoms with Gasteiger partial charge in [0.15, 0.2) is 18.2 Å². The third-order valence-electron chi connectivity index (χ3n) is 3.16. The van der Waals surface area contributed by atoms with E-state index in [9.17, 15) is 28.3 Å². The molecule has 142 valence electrons. The molecular formula is C17H13ClF2N2O5. The van der Waals surface area contributed by atoms with Crippen LogP contribution in [0.15, 0.2) is 36.4 Å². The Labute approximate surface area is 156 Å². The van der Waals surface area contributed by atoms with Crippen molar-refractivity contribution in [3.8, 4) is 5.75 Å². The van der Waals surface area contributed by atoms with Crippen LogP contribution < -0.4 is 10.6 Å². The summed E-state index contributed by atoms with van der Waals surface area (Å²) in [4.78, 5) is 35.1. The van der Waals surface area contributed by atoms with Crippen molar-refractivity contribution in [3.05, 3.63) is 58.6 Å². The number of nitrogens with one attached hydrogen (secondary N) is 2. The third-order valence-corrected chi connectivity index (χ3v) is 3.40. The number of carbonyl (C=O) groups is 3. The Hall–Kier alpha value is -3.20. The average Bonchev–Trinajstić information content (AvgIpc) is 2.63. The minimum Gasteiger partial charge on any atom is -0.507 e. The van der Waals surface area contributed by atoms with E-state index in [0.717, 1.165) is 18.2 Å². The van der Waals surface area contributed by atoms with Gasteiger partial charge < -0.3 is 20.5 Å². The molecule has 0 spiro atoms. The van der Waals surface area contributed by atoms with E-state index in [4.69, 9.17) is 16.3 Å². The quantitative estimate of drug-likeness (QED) is 0.647. The molecule has 0 aliphatic rings. The first kappa shape index (κ1) is 20.1. The molecule has 0 unspecified atom stereocenters. The van der Waals surface area contributed by atoms with Crippen LogP contribution in [0.4, 0.5) is 14.5 Å². The molecule has 2 rings (SSSR count). The summed E-state index contributed by atoms with van der Waals surface area (Å²) < 4.78 is 30.6. The Balaban J connectivity index is 1.78. The summed E-state index contributed by atoms with van der Waals surface area (Å²) in [6, 6.07) is 6.51. The van der Waals surface area contributed by atoms with Crippen molar-refractivity contribution in [2.24, 2.45) is 0 Å². The summed E-state index contributed by atoms with van der Waals surface area (Å²) in [6.45, 7) is -1.19. The monoisotopic (exact) mass is 398 g/mol. The van der Waals surface area contributed by atoms with E-state index in [-0.39, 0.29) is 22.0 Å². The summed E-state index contributed by atoms with van der Waals surface area (Å²) in [6.07, 6.45) is 0. The van der Waals surface area contributed by atoms with Crippen LogP contribution >= 0.6 is 11.6 Å². The average molecular weight is 399 g/mol. The first-order valence-corrected chi connectivity index (χ1v) is 7.81. The van der Waals surface area contributed by atoms with Crippen LogP contribution in [-0.4, -0.2) is 36.0 Å². The molecule has 3 N–H and O–H groups in total. The van der Waals surface area contributed by atoms with E-state index in [2.05, 4.69) is 10.6 Å². The Morgan fingerprint density at radius 2 is 1.78 bits per heavy atom. The van der Waals surface area contributed by atoms with Gasteiger partial charge in [0.1, 0.15) is 11.3 Å². The molecule has 0 aliphatic carbocycles. The van der Waals surface area contributed by atoms with Gasteiger partial charge in [-0.25, -0.2) is 13.6 Å². The lowest BCUT2D eigenvalue weighted by Gasteiger charge is -2.08. The van der Waals surface area contributed by atoms with Gasteiger partial charge in [0.25, 0.3) is 5.91 Å². The molecule has 0 aliphatic heterocycles. The number of hydrogen-bond acceptors (Lipinski definition) is 5. The fourth-order valence-electron chi connectivity index (χ4n) is 1.89. The van der Waals surface area contributed by atoms with Crippen molar-refractivity contribution in [1.82, 2.24) is 5.32 Å². The topological polar surface area (TPSA) is 105 Å². The largest absolute Gasteiger partial charge is 0.507 e. The van der Waals surface area contributed by atoms with E-state index in [1.54, 1.807) is 0 Å². The van der Waals surface area contributed by atoms with E-state index in [1.165, 1.54) is 18.2 Å². The smallest absolute Gasteiger partial charge is 0.342 e. The fourth-order valence-corrected chi connectivity index (χ4v) is 2.06. The van der Waals surface area contributed by atoms with Crippen LogP contribution in [0, 0.1) is 11.6 Å². The molecule has 27 heavy (non-hydrogen) atoms. The van der Waals surface area contributed by atoms with E-state index >= 15 is 0 Å². The van der Waals surface area contributed by atoms with Crippen LogP contribution in [0.25, 0.3) is 0 Å². The van der Waals surface area contributed by atoms with Crippen molar-refractivity contribution in [2.45, 2.75) is 0 Å². The number of rotatable bonds is 6. The summed E-state index contributed by atoms with van der Waals surface area (Å²) in [7, 11) is 0. The molecule has 0 aromatic heterocycles. The maximum absolute atomic E-state index is 13.0. The number of phenols is 1. The van der Waals surface area contributed by atoms with Crippen molar-refractivity contribution >= 4 is 35.1 Å². The van der Waals surface area contributed by atoms with Crippen LogP contribution in [0.1, 0.15) is 10.4 Å². The van der Waals surface area contributed by atoms with Crippen molar-refractivity contribution in [1.29, 1.82) is 0 Å².